The summed E-state index contributed by atoms with van der Waals surface area (Å²) < 4.78 is 61.4. The van der Waals surface area contributed by atoms with Crippen LogP contribution in [0.5, 0.6) is 0 Å². The van der Waals surface area contributed by atoms with Crippen molar-refractivity contribution in [2.45, 2.75) is 56.4 Å². The molecule has 0 fully saturated rings. The van der Waals surface area contributed by atoms with Crippen LogP contribution in [-0.2, 0) is 4.74 Å². The quantitative estimate of drug-likeness (QED) is 0.526. The van der Waals surface area contributed by atoms with Crippen LogP contribution >= 0.6 is 0 Å². The molecule has 2 aliphatic carbocycles. The molecule has 0 heterocycles. The van der Waals surface area contributed by atoms with E-state index in [1.54, 1.807) is 0 Å². The van der Waals surface area contributed by atoms with Gasteiger partial charge in [0, 0.05) is 6.42 Å². The van der Waals surface area contributed by atoms with Gasteiger partial charge >= 0.3 is 0 Å². The predicted octanol–water partition coefficient (Wildman–Crippen LogP) is 4.25. The molecule has 0 aromatic rings. The van der Waals surface area contributed by atoms with E-state index in [0.29, 0.717) is 12.5 Å². The van der Waals surface area contributed by atoms with E-state index in [2.05, 4.69) is 0 Å². The van der Waals surface area contributed by atoms with Gasteiger partial charge < -0.3 is 14.9 Å². The third-order valence-corrected chi connectivity index (χ3v) is 4.50. The molecule has 3 unspecified atom stereocenters. The number of aliphatic hydroxyl groups is 2. The Balaban J connectivity index is 2.16. The molecule has 0 radical (unpaired) electrons. The van der Waals surface area contributed by atoms with Gasteiger partial charge in [-0.3, -0.25) is 0 Å². The topological polar surface area (TPSA) is 49.7 Å². The highest BCUT2D eigenvalue weighted by molar-refractivity contribution is 5.42. The second-order valence-electron chi connectivity index (χ2n) is 6.27. The summed E-state index contributed by atoms with van der Waals surface area (Å²) in [7, 11) is 0. The van der Waals surface area contributed by atoms with Crippen molar-refractivity contribution in [2.75, 3.05) is 6.61 Å². The van der Waals surface area contributed by atoms with Crippen molar-refractivity contribution in [1.82, 2.24) is 0 Å². The van der Waals surface area contributed by atoms with E-state index in [1.807, 2.05) is 6.92 Å². The first-order valence-corrected chi connectivity index (χ1v) is 8.30. The maximum atomic E-state index is 14.5. The number of hydrogen-bond acceptors (Lipinski definition) is 3. The second kappa shape index (κ2) is 7.74. The Morgan fingerprint density at radius 1 is 1.16 bits per heavy atom. The summed E-state index contributed by atoms with van der Waals surface area (Å²) in [6.45, 7) is 2.19. The van der Waals surface area contributed by atoms with E-state index in [-0.39, 0.29) is 6.61 Å². The van der Waals surface area contributed by atoms with Crippen LogP contribution in [0.15, 0.2) is 47.5 Å². The number of alkyl halides is 1. The van der Waals surface area contributed by atoms with Gasteiger partial charge in [-0.25, -0.2) is 17.6 Å². The van der Waals surface area contributed by atoms with E-state index in [9.17, 15) is 27.8 Å². The van der Waals surface area contributed by atoms with Crippen LogP contribution in [0.25, 0.3) is 0 Å². The number of ether oxygens (including phenoxy) is 1. The van der Waals surface area contributed by atoms with Gasteiger partial charge in [0.05, 0.1) is 6.61 Å². The number of halogens is 4. The normalized spacial score (nSPS) is 32.5. The van der Waals surface area contributed by atoms with Gasteiger partial charge in [0.1, 0.15) is 0 Å². The van der Waals surface area contributed by atoms with Crippen molar-refractivity contribution in [1.29, 1.82) is 0 Å². The summed E-state index contributed by atoms with van der Waals surface area (Å²) in [6, 6.07) is 0. The fourth-order valence-electron chi connectivity index (χ4n) is 2.89. The highest BCUT2D eigenvalue weighted by Crippen LogP contribution is 2.46. The zero-order chi connectivity index (χ0) is 18.7. The van der Waals surface area contributed by atoms with Crippen LogP contribution < -0.4 is 0 Å². The molecule has 2 rings (SSSR count). The molecule has 2 aliphatic rings. The number of unbranched alkanes of at least 4 members (excludes halogenated alkanes) is 3. The Bertz CT molecular complexity index is 626. The van der Waals surface area contributed by atoms with Gasteiger partial charge in [0.15, 0.2) is 40.6 Å². The standard InChI is InChI=1S/C18H22F4O3/c1-2-3-4-5-11-25-13-8-10-18(24,16(22)14(13)20)17(23)9-6-7-12(19)15(17)21/h6-8,10,16,23-24H,2-5,9,11H2,1H3. The Morgan fingerprint density at radius 2 is 1.88 bits per heavy atom. The lowest BCUT2D eigenvalue weighted by molar-refractivity contribution is -0.144. The van der Waals surface area contributed by atoms with Crippen LogP contribution in [0.3, 0.4) is 0 Å². The number of rotatable bonds is 7. The minimum Gasteiger partial charge on any atom is -0.491 e. The lowest BCUT2D eigenvalue weighted by Gasteiger charge is -2.43. The number of hydrogen-bond donors (Lipinski definition) is 2. The fraction of sp³-hybridized carbons (Fsp3) is 0.556. The third kappa shape index (κ3) is 3.53. The SMILES string of the molecule is CCCCCCOC1=C(F)C(F)C(O)(C2(O)CC=CC(F)=C2F)C=C1. The summed E-state index contributed by atoms with van der Waals surface area (Å²) in [5.41, 5.74) is -5.93. The molecule has 0 saturated carbocycles. The van der Waals surface area contributed by atoms with Crippen molar-refractivity contribution >= 4 is 0 Å². The monoisotopic (exact) mass is 362 g/mol. The molecule has 25 heavy (non-hydrogen) atoms. The molecule has 0 amide bonds. The maximum absolute atomic E-state index is 14.5. The smallest absolute Gasteiger partial charge is 0.190 e. The molecular formula is C18H22F4O3. The van der Waals surface area contributed by atoms with E-state index < -0.39 is 47.0 Å². The van der Waals surface area contributed by atoms with Crippen LogP contribution in [0, 0.1) is 0 Å². The molecule has 0 aromatic carbocycles. The summed E-state index contributed by atoms with van der Waals surface area (Å²) >= 11 is 0. The summed E-state index contributed by atoms with van der Waals surface area (Å²) in [4.78, 5) is 0. The van der Waals surface area contributed by atoms with Crippen molar-refractivity contribution in [3.05, 3.63) is 47.5 Å². The molecule has 0 spiro atoms. The van der Waals surface area contributed by atoms with Gasteiger partial charge in [-0.15, -0.1) is 0 Å². The van der Waals surface area contributed by atoms with Gasteiger partial charge in [-0.05, 0) is 24.6 Å². The molecular weight excluding hydrogens is 340 g/mol. The first-order valence-electron chi connectivity index (χ1n) is 8.30. The minimum atomic E-state index is -2.99. The second-order valence-corrected chi connectivity index (χ2v) is 6.27. The summed E-state index contributed by atoms with van der Waals surface area (Å²) in [5, 5.41) is 20.8. The molecule has 140 valence electrons. The van der Waals surface area contributed by atoms with Crippen molar-refractivity contribution < 1.29 is 32.5 Å². The number of allylic oxidation sites excluding steroid dienone is 3. The molecule has 0 saturated heterocycles. The minimum absolute atomic E-state index is 0.161. The highest BCUT2D eigenvalue weighted by Gasteiger charge is 2.60. The fourth-order valence-corrected chi connectivity index (χ4v) is 2.89. The third-order valence-electron chi connectivity index (χ3n) is 4.50. The van der Waals surface area contributed by atoms with Crippen LogP contribution in [0.1, 0.15) is 39.0 Å². The Morgan fingerprint density at radius 3 is 2.56 bits per heavy atom. The zero-order valence-electron chi connectivity index (χ0n) is 13.9. The van der Waals surface area contributed by atoms with E-state index in [0.717, 1.165) is 37.5 Å². The first kappa shape index (κ1) is 19.7. The highest BCUT2D eigenvalue weighted by atomic mass is 19.2. The lowest BCUT2D eigenvalue weighted by Crippen LogP contribution is -2.60. The summed E-state index contributed by atoms with van der Waals surface area (Å²) in [5.74, 6) is -5.06. The van der Waals surface area contributed by atoms with Crippen molar-refractivity contribution in [3.8, 4) is 0 Å². The first-order chi connectivity index (χ1) is 11.8. The summed E-state index contributed by atoms with van der Waals surface area (Å²) in [6.07, 6.45) is 3.58. The molecule has 0 aliphatic heterocycles. The van der Waals surface area contributed by atoms with E-state index >= 15 is 0 Å². The van der Waals surface area contributed by atoms with Crippen LogP contribution in [0.4, 0.5) is 17.6 Å². The molecule has 3 atom stereocenters. The Kier molecular flexibility index (Phi) is 6.11. The van der Waals surface area contributed by atoms with Gasteiger partial charge in [0.25, 0.3) is 0 Å². The molecule has 0 aromatic heterocycles. The van der Waals surface area contributed by atoms with Crippen LogP contribution in [-0.4, -0.2) is 34.2 Å². The average Bonchev–Trinajstić information content (AvgIpc) is 2.59. The van der Waals surface area contributed by atoms with E-state index in [1.165, 1.54) is 0 Å². The Labute approximate surface area is 144 Å². The van der Waals surface area contributed by atoms with Gasteiger partial charge in [-0.1, -0.05) is 32.3 Å². The Hall–Kier alpha value is -1.60. The average molecular weight is 362 g/mol. The largest absolute Gasteiger partial charge is 0.491 e. The van der Waals surface area contributed by atoms with Crippen molar-refractivity contribution in [3.63, 3.8) is 0 Å². The van der Waals surface area contributed by atoms with Crippen LogP contribution in [0.2, 0.25) is 0 Å². The molecule has 0 bridgehead atoms. The molecule has 7 heteroatoms. The predicted molar refractivity (Wildman–Crippen MR) is 85.2 cm³/mol. The zero-order valence-corrected chi connectivity index (χ0v) is 13.9. The maximum Gasteiger partial charge on any atom is 0.190 e. The molecule has 3 nitrogen and oxygen atoms in total. The van der Waals surface area contributed by atoms with Gasteiger partial charge in [0.2, 0.25) is 0 Å². The lowest BCUT2D eigenvalue weighted by atomic mass is 9.72. The van der Waals surface area contributed by atoms with Gasteiger partial charge in [-0.2, -0.15) is 0 Å². The van der Waals surface area contributed by atoms with Crippen molar-refractivity contribution in [2.24, 2.45) is 0 Å². The molecule has 2 N–H and O–H groups in total. The van der Waals surface area contributed by atoms with E-state index in [4.69, 9.17) is 4.74 Å².